The van der Waals surface area contributed by atoms with Crippen molar-refractivity contribution in [2.75, 3.05) is 19.5 Å². The molecule has 0 saturated heterocycles. The molecule has 3 atom stereocenters. The third-order valence-electron chi connectivity index (χ3n) is 4.54. The molecule has 6 heteroatoms. The van der Waals surface area contributed by atoms with E-state index in [1.807, 2.05) is 19.1 Å². The van der Waals surface area contributed by atoms with Crippen LogP contribution in [0.25, 0.3) is 0 Å². The fourth-order valence-electron chi connectivity index (χ4n) is 2.87. The van der Waals surface area contributed by atoms with Crippen LogP contribution < -0.4 is 15.8 Å². The Morgan fingerprint density at radius 2 is 2.22 bits per heavy atom. The number of aromatic nitrogens is 1. The number of hydrogen-bond donors (Lipinski definition) is 2. The van der Waals surface area contributed by atoms with Gasteiger partial charge in [0, 0.05) is 11.8 Å². The second-order valence-corrected chi connectivity index (χ2v) is 6.63. The van der Waals surface area contributed by atoms with Crippen LogP contribution in [-0.2, 0) is 4.74 Å². The number of rotatable bonds is 9. The molecule has 146 valence electrons. The van der Waals surface area contributed by atoms with Gasteiger partial charge in [-0.05, 0) is 55.9 Å². The van der Waals surface area contributed by atoms with E-state index < -0.39 is 6.29 Å². The molecule has 0 fully saturated rings. The lowest BCUT2D eigenvalue weighted by molar-refractivity contribution is 0.297. The van der Waals surface area contributed by atoms with Crippen molar-refractivity contribution in [3.8, 4) is 5.88 Å². The molecular weight excluding hydrogens is 340 g/mol. The molecule has 27 heavy (non-hydrogen) atoms. The van der Waals surface area contributed by atoms with Crippen LogP contribution in [0.2, 0.25) is 0 Å². The van der Waals surface area contributed by atoms with E-state index in [1.165, 1.54) is 0 Å². The first kappa shape index (κ1) is 20.7. The van der Waals surface area contributed by atoms with Gasteiger partial charge < -0.3 is 14.8 Å². The van der Waals surface area contributed by atoms with Crippen LogP contribution in [0, 0.1) is 11.8 Å². The van der Waals surface area contributed by atoms with Gasteiger partial charge in [0.15, 0.2) is 6.29 Å². The summed E-state index contributed by atoms with van der Waals surface area (Å²) in [5.41, 5.74) is 7.71. The van der Waals surface area contributed by atoms with E-state index in [9.17, 15) is 0 Å². The van der Waals surface area contributed by atoms with Crippen molar-refractivity contribution in [2.45, 2.75) is 33.0 Å². The van der Waals surface area contributed by atoms with Crippen LogP contribution >= 0.6 is 0 Å². The molecule has 0 bridgehead atoms. The molecule has 0 spiro atoms. The van der Waals surface area contributed by atoms with E-state index in [2.05, 4.69) is 46.5 Å². The number of allylic oxidation sites excluding steroid dienone is 5. The summed E-state index contributed by atoms with van der Waals surface area (Å²) in [6.45, 7) is 4.21. The van der Waals surface area contributed by atoms with Crippen molar-refractivity contribution >= 4 is 11.4 Å². The summed E-state index contributed by atoms with van der Waals surface area (Å²) in [6.07, 6.45) is 13.8. The topological polar surface area (TPSA) is 81.8 Å². The van der Waals surface area contributed by atoms with E-state index in [1.54, 1.807) is 26.5 Å². The van der Waals surface area contributed by atoms with Gasteiger partial charge in [-0.2, -0.15) is 0 Å². The number of pyridine rings is 1. The minimum atomic E-state index is -0.527. The lowest BCUT2D eigenvalue weighted by Gasteiger charge is -2.21. The van der Waals surface area contributed by atoms with Gasteiger partial charge in [-0.15, -0.1) is 0 Å². The average Bonchev–Trinajstić information content (AvgIpc) is 2.68. The van der Waals surface area contributed by atoms with Gasteiger partial charge in [0.05, 0.1) is 26.1 Å². The standard InChI is InChI=1S/C21H30N4O2/c1-15(17-8-11-19(26-3)12-9-17)6-5-7-16(2)24-21(22)25-18-10-13-20(27-4)23-14-18/h5,7-8,10-15,17,21,25H,6,9,22H2,1-4H3. The Balaban J connectivity index is 1.79. The van der Waals surface area contributed by atoms with Crippen molar-refractivity contribution in [1.82, 2.24) is 4.98 Å². The minimum Gasteiger partial charge on any atom is -0.497 e. The monoisotopic (exact) mass is 370 g/mol. The zero-order valence-electron chi connectivity index (χ0n) is 16.6. The first-order chi connectivity index (χ1) is 13.0. The molecule has 0 aromatic carbocycles. The summed E-state index contributed by atoms with van der Waals surface area (Å²) in [5, 5.41) is 3.10. The lowest BCUT2D eigenvalue weighted by Crippen LogP contribution is -2.28. The van der Waals surface area contributed by atoms with Crippen molar-refractivity contribution in [3.05, 3.63) is 54.5 Å². The molecule has 1 aliphatic carbocycles. The van der Waals surface area contributed by atoms with Crippen molar-refractivity contribution < 1.29 is 9.47 Å². The van der Waals surface area contributed by atoms with E-state index >= 15 is 0 Å². The number of ether oxygens (including phenoxy) is 2. The van der Waals surface area contributed by atoms with Gasteiger partial charge in [0.25, 0.3) is 0 Å². The number of methoxy groups -OCH3 is 2. The summed E-state index contributed by atoms with van der Waals surface area (Å²) in [4.78, 5) is 8.58. The lowest BCUT2D eigenvalue weighted by atomic mass is 9.86. The summed E-state index contributed by atoms with van der Waals surface area (Å²) >= 11 is 0. The van der Waals surface area contributed by atoms with Crippen molar-refractivity contribution in [3.63, 3.8) is 0 Å². The molecule has 1 aliphatic rings. The Hall–Kier alpha value is -2.60. The zero-order chi connectivity index (χ0) is 19.6. The Bertz CT molecular complexity index is 707. The smallest absolute Gasteiger partial charge is 0.213 e. The Morgan fingerprint density at radius 1 is 1.41 bits per heavy atom. The predicted octanol–water partition coefficient (Wildman–Crippen LogP) is 3.89. The van der Waals surface area contributed by atoms with Gasteiger partial charge in [0.1, 0.15) is 5.76 Å². The summed E-state index contributed by atoms with van der Waals surface area (Å²) in [6, 6.07) is 3.63. The third kappa shape index (κ3) is 6.90. The zero-order valence-corrected chi connectivity index (χ0v) is 16.6. The number of nitrogens with two attached hydrogens (primary N) is 1. The molecule has 0 saturated carbocycles. The highest BCUT2D eigenvalue weighted by molar-refractivity contribution is 5.92. The second-order valence-electron chi connectivity index (χ2n) is 6.63. The van der Waals surface area contributed by atoms with E-state index in [-0.39, 0.29) is 0 Å². The number of nitrogens with one attached hydrogen (secondary N) is 1. The maximum absolute atomic E-state index is 6.03. The van der Waals surface area contributed by atoms with Crippen LogP contribution in [-0.4, -0.2) is 31.2 Å². The van der Waals surface area contributed by atoms with Gasteiger partial charge in [-0.1, -0.05) is 19.1 Å². The molecule has 3 N–H and O–H groups in total. The molecule has 1 aromatic heterocycles. The number of aliphatic imine (C=N–C) groups is 1. The maximum Gasteiger partial charge on any atom is 0.213 e. The van der Waals surface area contributed by atoms with Crippen LogP contribution in [0.15, 0.2) is 59.5 Å². The van der Waals surface area contributed by atoms with Gasteiger partial charge in [-0.3, -0.25) is 10.7 Å². The fourth-order valence-corrected chi connectivity index (χ4v) is 2.87. The second kappa shape index (κ2) is 10.5. The Kier molecular flexibility index (Phi) is 8.07. The number of hydrogen-bond acceptors (Lipinski definition) is 6. The molecule has 6 nitrogen and oxygen atoms in total. The number of nitrogens with zero attached hydrogens (tertiary/aromatic N) is 2. The maximum atomic E-state index is 6.03. The van der Waals surface area contributed by atoms with E-state index in [0.717, 1.165) is 30.0 Å². The van der Waals surface area contributed by atoms with Gasteiger partial charge >= 0.3 is 0 Å². The SMILES string of the molecule is COC1=CCC(C(C)CC=CC(C)=NC(N)Nc2ccc(OC)nc2)C=C1. The minimum absolute atomic E-state index is 0.527. The van der Waals surface area contributed by atoms with Crippen LogP contribution in [0.4, 0.5) is 5.69 Å². The Morgan fingerprint density at radius 3 is 2.81 bits per heavy atom. The number of anilines is 1. The highest BCUT2D eigenvalue weighted by atomic mass is 16.5. The fraction of sp³-hybridized carbons (Fsp3) is 0.429. The van der Waals surface area contributed by atoms with Crippen LogP contribution in [0.3, 0.4) is 0 Å². The first-order valence-electron chi connectivity index (χ1n) is 9.17. The normalized spacial score (nSPS) is 19.5. The summed E-state index contributed by atoms with van der Waals surface area (Å²) in [7, 11) is 3.29. The molecule has 0 aliphatic heterocycles. The highest BCUT2D eigenvalue weighted by Crippen LogP contribution is 2.26. The van der Waals surface area contributed by atoms with Crippen molar-refractivity contribution in [1.29, 1.82) is 0 Å². The Labute approximate surface area is 161 Å². The van der Waals surface area contributed by atoms with Gasteiger partial charge in [-0.25, -0.2) is 4.98 Å². The largest absolute Gasteiger partial charge is 0.497 e. The average molecular weight is 370 g/mol. The first-order valence-corrected chi connectivity index (χ1v) is 9.17. The van der Waals surface area contributed by atoms with Crippen molar-refractivity contribution in [2.24, 2.45) is 22.6 Å². The highest BCUT2D eigenvalue weighted by Gasteiger charge is 2.15. The van der Waals surface area contributed by atoms with E-state index in [0.29, 0.717) is 17.7 Å². The molecule has 1 aromatic rings. The third-order valence-corrected chi connectivity index (χ3v) is 4.54. The molecule has 0 amide bonds. The molecule has 2 rings (SSSR count). The summed E-state index contributed by atoms with van der Waals surface area (Å²) < 4.78 is 10.3. The van der Waals surface area contributed by atoms with Crippen LogP contribution in [0.5, 0.6) is 5.88 Å². The van der Waals surface area contributed by atoms with Crippen LogP contribution in [0.1, 0.15) is 26.7 Å². The molecular formula is C21H30N4O2. The molecule has 1 heterocycles. The van der Waals surface area contributed by atoms with Gasteiger partial charge in [0.2, 0.25) is 5.88 Å². The molecule has 0 radical (unpaired) electrons. The predicted molar refractivity (Wildman–Crippen MR) is 111 cm³/mol. The quantitative estimate of drug-likeness (QED) is 0.509. The molecule has 3 unspecified atom stereocenters. The van der Waals surface area contributed by atoms with E-state index in [4.69, 9.17) is 15.2 Å². The summed E-state index contributed by atoms with van der Waals surface area (Å²) in [5.74, 6) is 2.60.